The van der Waals surface area contributed by atoms with Gasteiger partial charge in [0.25, 0.3) is 0 Å². The average Bonchev–Trinajstić information content (AvgIpc) is 2.27. The molecule has 2 heteroatoms. The number of aromatic nitrogens is 1. The predicted molar refractivity (Wildman–Crippen MR) is 77.9 cm³/mol. The molecule has 0 radical (unpaired) electrons. The molecule has 1 aromatic heterocycles. The molecule has 1 heterocycles. The minimum atomic E-state index is 0.166. The maximum atomic E-state index is 5.71. The first kappa shape index (κ1) is 13.0. The number of benzene rings is 1. The Morgan fingerprint density at radius 2 is 1.89 bits per heavy atom. The Morgan fingerprint density at radius 3 is 2.50 bits per heavy atom. The van der Waals surface area contributed by atoms with Crippen molar-refractivity contribution < 1.29 is 0 Å². The number of nitrogens with zero attached hydrogens (tertiary/aromatic N) is 1. The summed E-state index contributed by atoms with van der Waals surface area (Å²) in [5.41, 5.74) is 10.7. The van der Waals surface area contributed by atoms with Gasteiger partial charge in [-0.1, -0.05) is 26.8 Å². The summed E-state index contributed by atoms with van der Waals surface area (Å²) in [5, 5.41) is 1.25. The zero-order valence-corrected chi connectivity index (χ0v) is 11.7. The highest BCUT2D eigenvalue weighted by molar-refractivity contribution is 5.83. The van der Waals surface area contributed by atoms with Crippen LogP contribution in [0.3, 0.4) is 0 Å². The zero-order valence-electron chi connectivity index (χ0n) is 11.7. The Hall–Kier alpha value is -1.41. The Balaban J connectivity index is 2.66. The lowest BCUT2D eigenvalue weighted by molar-refractivity contribution is 0.591. The molecule has 0 aliphatic carbocycles. The van der Waals surface area contributed by atoms with Crippen molar-refractivity contribution in [3.05, 3.63) is 41.1 Å². The predicted octanol–water partition coefficient (Wildman–Crippen LogP) is 3.34. The standard InChI is InChI=1S/C16H22N2/c1-11-9-12(7-8-17)14-10-13(16(2,3)4)5-6-15(14)18-11/h5-6,9-10H,7-8,17H2,1-4H3. The van der Waals surface area contributed by atoms with E-state index in [1.54, 1.807) is 0 Å². The number of nitrogens with two attached hydrogens (primary N) is 1. The first-order valence-corrected chi connectivity index (χ1v) is 6.52. The van der Waals surface area contributed by atoms with Gasteiger partial charge in [-0.3, -0.25) is 4.98 Å². The fourth-order valence-corrected chi connectivity index (χ4v) is 2.27. The van der Waals surface area contributed by atoms with E-state index in [4.69, 9.17) is 5.73 Å². The summed E-state index contributed by atoms with van der Waals surface area (Å²) in [6.07, 6.45) is 0.910. The van der Waals surface area contributed by atoms with Crippen LogP contribution in [-0.4, -0.2) is 11.5 Å². The second-order valence-corrected chi connectivity index (χ2v) is 5.94. The molecule has 0 atom stereocenters. The van der Waals surface area contributed by atoms with Gasteiger partial charge in [-0.2, -0.15) is 0 Å². The summed E-state index contributed by atoms with van der Waals surface area (Å²) in [7, 11) is 0. The van der Waals surface area contributed by atoms with Gasteiger partial charge in [0.2, 0.25) is 0 Å². The third-order valence-corrected chi connectivity index (χ3v) is 3.30. The number of fused-ring (bicyclic) bond motifs is 1. The second kappa shape index (κ2) is 4.69. The Kier molecular flexibility index (Phi) is 3.40. The molecule has 0 fully saturated rings. The molecule has 1 aromatic carbocycles. The van der Waals surface area contributed by atoms with Gasteiger partial charge in [-0.25, -0.2) is 0 Å². The van der Waals surface area contributed by atoms with Crippen LogP contribution in [0.4, 0.5) is 0 Å². The molecule has 0 spiro atoms. The van der Waals surface area contributed by atoms with Crippen molar-refractivity contribution in [1.82, 2.24) is 4.98 Å². The largest absolute Gasteiger partial charge is 0.330 e. The summed E-state index contributed by atoms with van der Waals surface area (Å²) in [4.78, 5) is 4.60. The van der Waals surface area contributed by atoms with Crippen LogP contribution in [0.2, 0.25) is 0 Å². The fourth-order valence-electron chi connectivity index (χ4n) is 2.27. The van der Waals surface area contributed by atoms with Gasteiger partial charge in [-0.15, -0.1) is 0 Å². The maximum Gasteiger partial charge on any atom is 0.0708 e. The second-order valence-electron chi connectivity index (χ2n) is 5.94. The van der Waals surface area contributed by atoms with E-state index in [0.717, 1.165) is 17.6 Å². The average molecular weight is 242 g/mol. The van der Waals surface area contributed by atoms with Crippen LogP contribution < -0.4 is 5.73 Å². The molecule has 96 valence electrons. The van der Waals surface area contributed by atoms with Gasteiger partial charge < -0.3 is 5.73 Å². The molecular formula is C16H22N2. The third kappa shape index (κ3) is 2.54. The zero-order chi connectivity index (χ0) is 13.3. The van der Waals surface area contributed by atoms with E-state index >= 15 is 0 Å². The Labute approximate surface area is 109 Å². The fraction of sp³-hybridized carbons (Fsp3) is 0.438. The highest BCUT2D eigenvalue weighted by Crippen LogP contribution is 2.27. The smallest absolute Gasteiger partial charge is 0.0708 e. The molecule has 18 heavy (non-hydrogen) atoms. The Bertz CT molecular complexity index is 565. The third-order valence-electron chi connectivity index (χ3n) is 3.30. The topological polar surface area (TPSA) is 38.9 Å². The summed E-state index contributed by atoms with van der Waals surface area (Å²) in [6, 6.07) is 8.73. The first-order valence-electron chi connectivity index (χ1n) is 6.52. The number of aryl methyl sites for hydroxylation is 1. The molecule has 0 unspecified atom stereocenters. The number of rotatable bonds is 2. The normalized spacial score (nSPS) is 12.1. The summed E-state index contributed by atoms with van der Waals surface area (Å²) < 4.78 is 0. The minimum Gasteiger partial charge on any atom is -0.330 e. The van der Waals surface area contributed by atoms with Gasteiger partial charge in [0.1, 0.15) is 0 Å². The van der Waals surface area contributed by atoms with Crippen LogP contribution >= 0.6 is 0 Å². The van der Waals surface area contributed by atoms with Crippen molar-refractivity contribution in [3.8, 4) is 0 Å². The molecule has 2 rings (SSSR count). The molecule has 2 aromatic rings. The number of pyridine rings is 1. The molecule has 0 saturated heterocycles. The summed E-state index contributed by atoms with van der Waals surface area (Å²) in [5.74, 6) is 0. The van der Waals surface area contributed by atoms with E-state index in [-0.39, 0.29) is 5.41 Å². The lowest BCUT2D eigenvalue weighted by Crippen LogP contribution is -2.11. The van der Waals surface area contributed by atoms with Crippen LogP contribution in [0.25, 0.3) is 10.9 Å². The van der Waals surface area contributed by atoms with Crippen molar-refractivity contribution >= 4 is 10.9 Å². The van der Waals surface area contributed by atoms with E-state index in [9.17, 15) is 0 Å². The van der Waals surface area contributed by atoms with Gasteiger partial charge in [-0.05, 0) is 54.6 Å². The van der Waals surface area contributed by atoms with Crippen LogP contribution in [0.15, 0.2) is 24.3 Å². The van der Waals surface area contributed by atoms with Gasteiger partial charge in [0.05, 0.1) is 5.52 Å². The SMILES string of the molecule is Cc1cc(CCN)c2cc(C(C)(C)C)ccc2n1. The number of hydrogen-bond donors (Lipinski definition) is 1. The van der Waals surface area contributed by atoms with Crippen LogP contribution in [0.1, 0.15) is 37.6 Å². The highest BCUT2D eigenvalue weighted by Gasteiger charge is 2.15. The van der Waals surface area contributed by atoms with E-state index in [2.05, 4.69) is 50.0 Å². The van der Waals surface area contributed by atoms with E-state index in [1.165, 1.54) is 16.5 Å². The monoisotopic (exact) mass is 242 g/mol. The quantitative estimate of drug-likeness (QED) is 0.877. The molecule has 0 aliphatic heterocycles. The van der Waals surface area contributed by atoms with Crippen molar-refractivity contribution in [2.45, 2.75) is 39.5 Å². The van der Waals surface area contributed by atoms with E-state index in [0.29, 0.717) is 6.54 Å². The molecule has 2 N–H and O–H groups in total. The van der Waals surface area contributed by atoms with Crippen molar-refractivity contribution in [1.29, 1.82) is 0 Å². The lowest BCUT2D eigenvalue weighted by Gasteiger charge is -2.20. The molecule has 0 saturated carbocycles. The van der Waals surface area contributed by atoms with Crippen molar-refractivity contribution in [2.24, 2.45) is 5.73 Å². The lowest BCUT2D eigenvalue weighted by atomic mass is 9.85. The Morgan fingerprint density at radius 1 is 1.17 bits per heavy atom. The summed E-state index contributed by atoms with van der Waals surface area (Å²) in [6.45, 7) is 9.42. The van der Waals surface area contributed by atoms with E-state index < -0.39 is 0 Å². The van der Waals surface area contributed by atoms with Gasteiger partial charge in [0.15, 0.2) is 0 Å². The first-order chi connectivity index (χ1) is 8.41. The van der Waals surface area contributed by atoms with Crippen LogP contribution in [0.5, 0.6) is 0 Å². The van der Waals surface area contributed by atoms with Gasteiger partial charge >= 0.3 is 0 Å². The van der Waals surface area contributed by atoms with E-state index in [1.807, 2.05) is 6.92 Å². The van der Waals surface area contributed by atoms with Crippen LogP contribution in [-0.2, 0) is 11.8 Å². The number of hydrogen-bond acceptors (Lipinski definition) is 2. The molecule has 2 nitrogen and oxygen atoms in total. The molecule has 0 bridgehead atoms. The molecular weight excluding hydrogens is 220 g/mol. The summed E-state index contributed by atoms with van der Waals surface area (Å²) >= 11 is 0. The molecule has 0 aliphatic rings. The molecule has 0 amide bonds. The highest BCUT2D eigenvalue weighted by atomic mass is 14.7. The maximum absolute atomic E-state index is 5.71. The van der Waals surface area contributed by atoms with Crippen molar-refractivity contribution in [2.75, 3.05) is 6.54 Å². The van der Waals surface area contributed by atoms with Crippen LogP contribution in [0, 0.1) is 6.92 Å². The minimum absolute atomic E-state index is 0.166. The van der Waals surface area contributed by atoms with Crippen molar-refractivity contribution in [3.63, 3.8) is 0 Å². The van der Waals surface area contributed by atoms with Gasteiger partial charge in [0, 0.05) is 11.1 Å².